The molecule has 0 atom stereocenters. The number of fused-ring (bicyclic) bond motifs is 1. The normalized spacial score (nSPS) is 11.2. The van der Waals surface area contributed by atoms with Crippen LogP contribution < -0.4 is 10.1 Å². The van der Waals surface area contributed by atoms with Crippen molar-refractivity contribution in [1.29, 1.82) is 0 Å². The van der Waals surface area contributed by atoms with Crippen LogP contribution in [0.15, 0.2) is 51.1 Å². The molecule has 3 rings (SSSR count). The molecule has 0 unspecified atom stereocenters. The Bertz CT molecular complexity index is 1110. The van der Waals surface area contributed by atoms with Crippen molar-refractivity contribution < 1.29 is 19.4 Å². The van der Waals surface area contributed by atoms with E-state index in [1.807, 2.05) is 26.0 Å². The third-order valence-corrected chi connectivity index (χ3v) is 5.16. The smallest absolute Gasteiger partial charge is 0.265 e. The van der Waals surface area contributed by atoms with E-state index in [9.17, 15) is 14.7 Å². The van der Waals surface area contributed by atoms with Gasteiger partial charge < -0.3 is 20.1 Å². The van der Waals surface area contributed by atoms with E-state index in [1.54, 1.807) is 24.3 Å². The number of hydrogen-bond acceptors (Lipinski definition) is 5. The number of rotatable bonds is 7. The number of nitrogens with one attached hydrogen (secondary N) is 2. The van der Waals surface area contributed by atoms with E-state index in [0.29, 0.717) is 28.9 Å². The van der Waals surface area contributed by atoms with Gasteiger partial charge in [-0.3, -0.25) is 9.59 Å². The van der Waals surface area contributed by atoms with Crippen LogP contribution in [-0.4, -0.2) is 28.5 Å². The Hall–Kier alpha value is -3.20. The number of azo groups is 1. The van der Waals surface area contributed by atoms with E-state index in [4.69, 9.17) is 4.74 Å². The summed E-state index contributed by atoms with van der Waals surface area (Å²) in [6.07, 6.45) is -0.128. The summed E-state index contributed by atoms with van der Waals surface area (Å²) in [5, 5.41) is 20.9. The van der Waals surface area contributed by atoms with Gasteiger partial charge in [-0.1, -0.05) is 15.9 Å². The number of aromatic amines is 1. The fraction of sp³-hybridized carbons (Fsp3) is 0.238. The maximum Gasteiger partial charge on any atom is 0.265 e. The third-order valence-electron chi connectivity index (χ3n) is 4.31. The van der Waals surface area contributed by atoms with Gasteiger partial charge in [0.25, 0.3) is 5.91 Å². The molecule has 156 valence electrons. The standard InChI is InChI=1S/C21H21BrN4O4/c1-3-30-14-6-4-13(5-7-14)23-18(27)8-9-19(28)25-26-20-15-10-12(2)16(22)11-17(15)24-21(20)29/h4-7,10-11,24,29H,3,8-9H2,1-2H3,(H,23,27). The van der Waals surface area contributed by atoms with Crippen LogP contribution >= 0.6 is 15.9 Å². The largest absolute Gasteiger partial charge is 0.494 e. The molecule has 0 aliphatic heterocycles. The Kier molecular flexibility index (Phi) is 6.83. The number of aryl methyl sites for hydroxylation is 1. The van der Waals surface area contributed by atoms with Crippen molar-refractivity contribution in [3.63, 3.8) is 0 Å². The van der Waals surface area contributed by atoms with Gasteiger partial charge in [0.1, 0.15) is 5.75 Å². The first-order chi connectivity index (χ1) is 14.4. The Morgan fingerprint density at radius 2 is 1.93 bits per heavy atom. The van der Waals surface area contributed by atoms with Crippen LogP contribution in [-0.2, 0) is 9.59 Å². The topological polar surface area (TPSA) is 116 Å². The second-order valence-electron chi connectivity index (χ2n) is 6.57. The number of nitrogens with zero attached hydrogens (tertiary/aromatic N) is 2. The summed E-state index contributed by atoms with van der Waals surface area (Å²) in [4.78, 5) is 26.9. The summed E-state index contributed by atoms with van der Waals surface area (Å²) in [5.41, 5.74) is 2.42. The molecule has 0 saturated heterocycles. The summed E-state index contributed by atoms with van der Waals surface area (Å²) in [5.74, 6) is -0.320. The minimum Gasteiger partial charge on any atom is -0.494 e. The van der Waals surface area contributed by atoms with Gasteiger partial charge in [-0.2, -0.15) is 0 Å². The van der Waals surface area contributed by atoms with Crippen molar-refractivity contribution in [3.8, 4) is 11.6 Å². The number of carbonyl (C=O) groups excluding carboxylic acids is 2. The molecule has 2 amide bonds. The highest BCUT2D eigenvalue weighted by Gasteiger charge is 2.13. The lowest BCUT2D eigenvalue weighted by Gasteiger charge is -2.06. The zero-order chi connectivity index (χ0) is 21.7. The minimum absolute atomic E-state index is 0.0308. The van der Waals surface area contributed by atoms with Crippen molar-refractivity contribution in [2.24, 2.45) is 10.2 Å². The van der Waals surface area contributed by atoms with Gasteiger partial charge in [-0.25, -0.2) is 0 Å². The molecule has 0 radical (unpaired) electrons. The van der Waals surface area contributed by atoms with E-state index < -0.39 is 5.91 Å². The molecule has 0 spiro atoms. The Morgan fingerprint density at radius 1 is 1.20 bits per heavy atom. The van der Waals surface area contributed by atoms with Crippen LogP contribution in [0.3, 0.4) is 0 Å². The molecule has 0 fully saturated rings. The number of aromatic nitrogens is 1. The molecule has 3 aromatic rings. The van der Waals surface area contributed by atoms with Gasteiger partial charge in [-0.15, -0.1) is 10.2 Å². The van der Waals surface area contributed by atoms with E-state index in [1.165, 1.54) is 0 Å². The lowest BCUT2D eigenvalue weighted by molar-refractivity contribution is -0.122. The van der Waals surface area contributed by atoms with Crippen LogP contribution in [0.1, 0.15) is 25.3 Å². The molecule has 3 N–H and O–H groups in total. The maximum absolute atomic E-state index is 12.0. The van der Waals surface area contributed by atoms with Crippen molar-refractivity contribution in [2.75, 3.05) is 11.9 Å². The number of H-pyrrole nitrogens is 1. The van der Waals surface area contributed by atoms with Crippen LogP contribution in [0.4, 0.5) is 11.4 Å². The van der Waals surface area contributed by atoms with Crippen LogP contribution in [0.2, 0.25) is 0 Å². The first kappa shape index (κ1) is 21.5. The third kappa shape index (κ3) is 5.24. The molecule has 9 heteroatoms. The lowest BCUT2D eigenvalue weighted by Crippen LogP contribution is -2.12. The molecule has 0 aliphatic carbocycles. The highest BCUT2D eigenvalue weighted by Crippen LogP contribution is 2.37. The summed E-state index contributed by atoms with van der Waals surface area (Å²) >= 11 is 3.43. The van der Waals surface area contributed by atoms with E-state index >= 15 is 0 Å². The SMILES string of the molecule is CCOc1ccc(NC(=O)CCC(=O)N=Nc2c(O)[nH]c3cc(Br)c(C)cc23)cc1. The monoisotopic (exact) mass is 472 g/mol. The van der Waals surface area contributed by atoms with Gasteiger partial charge in [0, 0.05) is 28.4 Å². The molecular formula is C21H21BrN4O4. The molecule has 0 saturated carbocycles. The first-order valence-corrected chi connectivity index (χ1v) is 10.1. The zero-order valence-corrected chi connectivity index (χ0v) is 18.1. The van der Waals surface area contributed by atoms with E-state index in [-0.39, 0.29) is 30.3 Å². The second-order valence-corrected chi connectivity index (χ2v) is 7.42. The zero-order valence-electron chi connectivity index (χ0n) is 16.5. The van der Waals surface area contributed by atoms with Crippen molar-refractivity contribution >= 4 is 50.0 Å². The van der Waals surface area contributed by atoms with Gasteiger partial charge in [0.2, 0.25) is 11.8 Å². The average Bonchev–Trinajstić information content (AvgIpc) is 3.01. The van der Waals surface area contributed by atoms with E-state index in [0.717, 1.165) is 10.0 Å². The van der Waals surface area contributed by atoms with Crippen LogP contribution in [0, 0.1) is 6.92 Å². The predicted octanol–water partition coefficient (Wildman–Crippen LogP) is 5.37. The maximum atomic E-state index is 12.0. The molecule has 1 heterocycles. The number of halogens is 1. The van der Waals surface area contributed by atoms with Crippen molar-refractivity contribution in [3.05, 3.63) is 46.4 Å². The molecule has 2 aromatic carbocycles. The number of carbonyl (C=O) groups is 2. The number of ether oxygens (including phenoxy) is 1. The predicted molar refractivity (Wildman–Crippen MR) is 117 cm³/mol. The molecule has 0 bridgehead atoms. The highest BCUT2D eigenvalue weighted by atomic mass is 79.9. The molecule has 30 heavy (non-hydrogen) atoms. The van der Waals surface area contributed by atoms with Gasteiger partial charge >= 0.3 is 0 Å². The van der Waals surface area contributed by atoms with E-state index in [2.05, 4.69) is 36.5 Å². The lowest BCUT2D eigenvalue weighted by atomic mass is 10.1. The average molecular weight is 473 g/mol. The van der Waals surface area contributed by atoms with Gasteiger partial charge in [0.15, 0.2) is 5.69 Å². The summed E-state index contributed by atoms with van der Waals surface area (Å²) in [6, 6.07) is 10.6. The molecule has 1 aromatic heterocycles. The summed E-state index contributed by atoms with van der Waals surface area (Å²) in [6.45, 7) is 4.36. The number of benzene rings is 2. The van der Waals surface area contributed by atoms with Crippen LogP contribution in [0.25, 0.3) is 10.9 Å². The van der Waals surface area contributed by atoms with Crippen molar-refractivity contribution in [1.82, 2.24) is 4.98 Å². The second kappa shape index (κ2) is 9.53. The quantitative estimate of drug-likeness (QED) is 0.400. The fourth-order valence-electron chi connectivity index (χ4n) is 2.80. The Morgan fingerprint density at radius 3 is 2.63 bits per heavy atom. The number of anilines is 1. The highest BCUT2D eigenvalue weighted by molar-refractivity contribution is 9.10. The summed E-state index contributed by atoms with van der Waals surface area (Å²) in [7, 11) is 0. The van der Waals surface area contributed by atoms with Gasteiger partial charge in [0.05, 0.1) is 12.1 Å². The molecular weight excluding hydrogens is 452 g/mol. The number of amides is 2. The van der Waals surface area contributed by atoms with Crippen molar-refractivity contribution in [2.45, 2.75) is 26.7 Å². The molecule has 8 nitrogen and oxygen atoms in total. The first-order valence-electron chi connectivity index (χ1n) is 9.35. The van der Waals surface area contributed by atoms with Crippen LogP contribution in [0.5, 0.6) is 11.6 Å². The number of hydrogen-bond donors (Lipinski definition) is 3. The Labute approximate surface area is 181 Å². The number of aromatic hydroxyl groups is 1. The minimum atomic E-state index is -0.556. The molecule has 0 aliphatic rings. The Balaban J connectivity index is 1.57. The van der Waals surface area contributed by atoms with Gasteiger partial charge in [-0.05, 0) is 55.8 Å². The summed E-state index contributed by atoms with van der Waals surface area (Å²) < 4.78 is 6.23. The fourth-order valence-corrected chi connectivity index (χ4v) is 3.14.